The van der Waals surface area contributed by atoms with Gasteiger partial charge in [-0.2, -0.15) is 0 Å². The molecule has 2 N–H and O–H groups in total. The van der Waals surface area contributed by atoms with Crippen molar-refractivity contribution in [3.05, 3.63) is 90.3 Å². The van der Waals surface area contributed by atoms with Gasteiger partial charge in [-0.3, -0.25) is 4.79 Å². The molecule has 0 bridgehead atoms. The van der Waals surface area contributed by atoms with Gasteiger partial charge in [0.1, 0.15) is 11.6 Å². The quantitative estimate of drug-likeness (QED) is 0.502. The summed E-state index contributed by atoms with van der Waals surface area (Å²) in [4.78, 5) is 20.2. The first-order valence-electron chi connectivity index (χ1n) is 10.8. The highest BCUT2D eigenvalue weighted by atomic mass is 16.3. The van der Waals surface area contributed by atoms with E-state index in [-0.39, 0.29) is 11.9 Å². The van der Waals surface area contributed by atoms with Crippen LogP contribution in [0.25, 0.3) is 22.2 Å². The molecule has 156 valence electrons. The standard InChI is InChI=1S/C26H25N3O2/c27-24(25-28-21-14-6-7-16-23(21)31-25)22-15-8-9-17-29(22)26(30)20-13-5-4-12-19(20)18-10-2-1-3-11-18/h1-7,10-14,16,22,24H,8-9,15,17,27H2/t22-,24?/m0/s1. The maximum Gasteiger partial charge on any atom is 0.254 e. The largest absolute Gasteiger partial charge is 0.439 e. The zero-order valence-corrected chi connectivity index (χ0v) is 17.3. The molecule has 5 nitrogen and oxygen atoms in total. The second kappa shape index (κ2) is 8.36. The average Bonchev–Trinajstić information content (AvgIpc) is 3.28. The van der Waals surface area contributed by atoms with E-state index in [2.05, 4.69) is 4.98 Å². The van der Waals surface area contributed by atoms with E-state index in [9.17, 15) is 4.79 Å². The molecule has 0 saturated carbocycles. The van der Waals surface area contributed by atoms with Crippen molar-refractivity contribution >= 4 is 17.0 Å². The van der Waals surface area contributed by atoms with Gasteiger partial charge in [0, 0.05) is 12.1 Å². The van der Waals surface area contributed by atoms with Crippen LogP contribution in [-0.4, -0.2) is 28.4 Å². The van der Waals surface area contributed by atoms with E-state index in [1.54, 1.807) is 0 Å². The fourth-order valence-corrected chi connectivity index (χ4v) is 4.47. The van der Waals surface area contributed by atoms with Crippen LogP contribution in [0.2, 0.25) is 0 Å². The lowest BCUT2D eigenvalue weighted by Crippen LogP contribution is -2.49. The molecule has 1 aliphatic rings. The molecule has 5 rings (SSSR count). The third kappa shape index (κ3) is 3.73. The first kappa shape index (κ1) is 19.5. The van der Waals surface area contributed by atoms with E-state index in [0.717, 1.165) is 41.5 Å². The van der Waals surface area contributed by atoms with Gasteiger partial charge in [-0.15, -0.1) is 0 Å². The number of aromatic nitrogens is 1. The van der Waals surface area contributed by atoms with E-state index < -0.39 is 6.04 Å². The summed E-state index contributed by atoms with van der Waals surface area (Å²) in [5.41, 5.74) is 10.8. The highest BCUT2D eigenvalue weighted by Crippen LogP contribution is 2.32. The monoisotopic (exact) mass is 411 g/mol. The van der Waals surface area contributed by atoms with Crippen molar-refractivity contribution in [3.63, 3.8) is 0 Å². The second-order valence-electron chi connectivity index (χ2n) is 8.02. The van der Waals surface area contributed by atoms with E-state index in [1.165, 1.54) is 0 Å². The Bertz CT molecular complexity index is 1170. The predicted octanol–water partition coefficient (Wildman–Crippen LogP) is 5.19. The van der Waals surface area contributed by atoms with Crippen LogP contribution in [0.1, 0.15) is 41.6 Å². The molecular weight excluding hydrogens is 386 g/mol. The number of para-hydroxylation sites is 2. The topological polar surface area (TPSA) is 72.4 Å². The molecule has 1 fully saturated rings. The van der Waals surface area contributed by atoms with Crippen LogP contribution < -0.4 is 5.73 Å². The van der Waals surface area contributed by atoms with Gasteiger partial charge >= 0.3 is 0 Å². The fraction of sp³-hybridized carbons (Fsp3) is 0.231. The smallest absolute Gasteiger partial charge is 0.254 e. The number of likely N-dealkylation sites (tertiary alicyclic amines) is 1. The number of oxazole rings is 1. The second-order valence-corrected chi connectivity index (χ2v) is 8.02. The van der Waals surface area contributed by atoms with Crippen LogP contribution in [0.15, 0.2) is 83.3 Å². The number of nitrogens with zero attached hydrogens (tertiary/aromatic N) is 2. The van der Waals surface area contributed by atoms with Crippen LogP contribution in [0.4, 0.5) is 0 Å². The third-order valence-corrected chi connectivity index (χ3v) is 6.06. The molecule has 2 atom stereocenters. The summed E-state index contributed by atoms with van der Waals surface area (Å²) >= 11 is 0. The van der Waals surface area contributed by atoms with Gasteiger partial charge in [0.15, 0.2) is 5.58 Å². The number of fused-ring (bicyclic) bond motifs is 1. The summed E-state index contributed by atoms with van der Waals surface area (Å²) in [6.45, 7) is 0.681. The van der Waals surface area contributed by atoms with Crippen LogP contribution in [0.3, 0.4) is 0 Å². The van der Waals surface area contributed by atoms with E-state index >= 15 is 0 Å². The normalized spacial score (nSPS) is 17.6. The highest BCUT2D eigenvalue weighted by molar-refractivity contribution is 6.01. The van der Waals surface area contributed by atoms with Gasteiger partial charge in [0.2, 0.25) is 5.89 Å². The minimum atomic E-state index is -0.472. The highest BCUT2D eigenvalue weighted by Gasteiger charge is 2.35. The van der Waals surface area contributed by atoms with Crippen LogP contribution in [-0.2, 0) is 0 Å². The summed E-state index contributed by atoms with van der Waals surface area (Å²) in [7, 11) is 0. The summed E-state index contributed by atoms with van der Waals surface area (Å²) in [6, 6.07) is 24.8. The lowest BCUT2D eigenvalue weighted by atomic mass is 9.93. The van der Waals surface area contributed by atoms with Crippen molar-refractivity contribution in [2.75, 3.05) is 6.54 Å². The Labute approximate surface area is 181 Å². The Morgan fingerprint density at radius 3 is 2.55 bits per heavy atom. The summed E-state index contributed by atoms with van der Waals surface area (Å²) in [5, 5.41) is 0. The molecule has 1 saturated heterocycles. The SMILES string of the molecule is NC(c1nc2ccccc2o1)[C@@H]1CCCCN1C(=O)c1ccccc1-c1ccccc1. The van der Waals surface area contributed by atoms with E-state index in [4.69, 9.17) is 10.2 Å². The average molecular weight is 412 g/mol. The predicted molar refractivity (Wildman–Crippen MR) is 121 cm³/mol. The Morgan fingerprint density at radius 1 is 0.968 bits per heavy atom. The van der Waals surface area contributed by atoms with Crippen LogP contribution in [0, 0.1) is 0 Å². The molecule has 31 heavy (non-hydrogen) atoms. The molecular formula is C26H25N3O2. The van der Waals surface area contributed by atoms with Crippen molar-refractivity contribution in [1.29, 1.82) is 0 Å². The van der Waals surface area contributed by atoms with Crippen molar-refractivity contribution in [2.24, 2.45) is 5.73 Å². The van der Waals surface area contributed by atoms with Crippen molar-refractivity contribution < 1.29 is 9.21 Å². The van der Waals surface area contributed by atoms with Gasteiger partial charge in [0.05, 0.1) is 6.04 Å². The number of benzene rings is 3. The molecule has 3 aromatic carbocycles. The zero-order valence-electron chi connectivity index (χ0n) is 17.3. The van der Waals surface area contributed by atoms with Crippen molar-refractivity contribution in [3.8, 4) is 11.1 Å². The molecule has 2 heterocycles. The number of nitrogens with two attached hydrogens (primary N) is 1. The third-order valence-electron chi connectivity index (χ3n) is 6.06. The number of carbonyl (C=O) groups is 1. The number of hydrogen-bond donors (Lipinski definition) is 1. The zero-order chi connectivity index (χ0) is 21.2. The number of rotatable bonds is 4. The Morgan fingerprint density at radius 2 is 1.71 bits per heavy atom. The molecule has 1 unspecified atom stereocenters. The van der Waals surface area contributed by atoms with E-state index in [0.29, 0.717) is 18.0 Å². The molecule has 1 aliphatic heterocycles. The van der Waals surface area contributed by atoms with Gasteiger partial charge in [-0.1, -0.05) is 60.7 Å². The maximum absolute atomic E-state index is 13.7. The lowest BCUT2D eigenvalue weighted by molar-refractivity contribution is 0.0562. The fourth-order valence-electron chi connectivity index (χ4n) is 4.47. The van der Waals surface area contributed by atoms with Crippen molar-refractivity contribution in [2.45, 2.75) is 31.3 Å². The molecule has 1 amide bonds. The molecule has 4 aromatic rings. The number of hydrogen-bond acceptors (Lipinski definition) is 4. The maximum atomic E-state index is 13.7. The Hall–Kier alpha value is -3.44. The molecule has 1 aromatic heterocycles. The summed E-state index contributed by atoms with van der Waals surface area (Å²) in [5.74, 6) is 0.498. The minimum absolute atomic E-state index is 0.00992. The first-order valence-corrected chi connectivity index (χ1v) is 10.8. The summed E-state index contributed by atoms with van der Waals surface area (Å²) in [6.07, 6.45) is 2.83. The summed E-state index contributed by atoms with van der Waals surface area (Å²) < 4.78 is 5.94. The van der Waals surface area contributed by atoms with Gasteiger partial charge < -0.3 is 15.1 Å². The lowest BCUT2D eigenvalue weighted by Gasteiger charge is -2.38. The van der Waals surface area contributed by atoms with Gasteiger partial charge in [0.25, 0.3) is 5.91 Å². The number of piperidine rings is 1. The van der Waals surface area contributed by atoms with Crippen LogP contribution in [0.5, 0.6) is 0 Å². The van der Waals surface area contributed by atoms with Crippen molar-refractivity contribution in [1.82, 2.24) is 9.88 Å². The molecule has 5 heteroatoms. The number of carbonyl (C=O) groups excluding carboxylic acids is 1. The molecule has 0 radical (unpaired) electrons. The first-order chi connectivity index (χ1) is 15.2. The number of amides is 1. The Kier molecular flexibility index (Phi) is 5.26. The minimum Gasteiger partial charge on any atom is -0.439 e. The van der Waals surface area contributed by atoms with E-state index in [1.807, 2.05) is 83.8 Å². The van der Waals surface area contributed by atoms with Gasteiger partial charge in [-0.05, 0) is 48.6 Å². The Balaban J connectivity index is 1.48. The molecule has 0 spiro atoms. The molecule has 0 aliphatic carbocycles. The van der Waals surface area contributed by atoms with Gasteiger partial charge in [-0.25, -0.2) is 4.98 Å². The van der Waals surface area contributed by atoms with Crippen LogP contribution >= 0.6 is 0 Å².